The van der Waals surface area contributed by atoms with Gasteiger partial charge in [-0.2, -0.15) is 0 Å². The van der Waals surface area contributed by atoms with E-state index in [4.69, 9.17) is 18.5 Å². The molecule has 0 saturated heterocycles. The fourth-order valence-corrected chi connectivity index (χ4v) is 5.28. The molecule has 2 unspecified atom stereocenters. The molecule has 6 aromatic rings. The molecule has 2 atom stereocenters. The third-order valence-electron chi connectivity index (χ3n) is 7.72. The number of rotatable bonds is 5. The number of aryl methyl sites for hydroxylation is 10. The van der Waals surface area contributed by atoms with Crippen LogP contribution in [0.1, 0.15) is 133 Å². The Morgan fingerprint density at radius 2 is 0.877 bits per heavy atom. The third kappa shape index (κ3) is 44.7. The Balaban J connectivity index is -0.0000000736. The summed E-state index contributed by atoms with van der Waals surface area (Å²) in [6.07, 6.45) is -0.432. The largest absolute Gasteiger partial charge is 0.358 e. The van der Waals surface area contributed by atoms with Crippen molar-refractivity contribution < 1.29 is 79.8 Å². The minimum Gasteiger partial charge on any atom is -0.358 e. The van der Waals surface area contributed by atoms with E-state index in [1.54, 1.807) is 25.1 Å². The topological polar surface area (TPSA) is 0 Å². The normalized spacial score (nSPS) is 11.5. The number of allylic oxidation sites excluding steroid dienone is 1. The van der Waals surface area contributed by atoms with E-state index in [1.165, 1.54) is 53.3 Å². The summed E-state index contributed by atoms with van der Waals surface area (Å²) < 4.78 is 81.1. The minimum absolute atomic E-state index is 0. The maximum atomic E-state index is 7.71. The van der Waals surface area contributed by atoms with Crippen molar-refractivity contribution in [3.05, 3.63) is 241 Å². The van der Waals surface area contributed by atoms with Crippen LogP contribution in [0.3, 0.4) is 0 Å². The van der Waals surface area contributed by atoms with E-state index in [0.29, 0.717) is 5.56 Å². The van der Waals surface area contributed by atoms with Gasteiger partial charge in [-0.05, 0) is 122 Å². The predicted molar refractivity (Wildman–Crippen MR) is 299 cm³/mol. The number of hydrogen-bond acceptors (Lipinski definition) is 0. The molecule has 0 N–H and O–H groups in total. The molecule has 0 amide bonds. The van der Waals surface area contributed by atoms with Gasteiger partial charge in [-0.15, -0.1) is 5.92 Å². The zero-order valence-corrected chi connectivity index (χ0v) is 48.7. The number of hydrogen-bond donors (Lipinski definition) is 0. The first-order chi connectivity index (χ1) is 34.1. The number of alkyl halides is 1. The molecule has 65 heavy (non-hydrogen) atoms. The summed E-state index contributed by atoms with van der Waals surface area (Å²) in [6, 6.07) is 48.3. The Kier molecular flexibility index (Phi) is 45.2. The summed E-state index contributed by atoms with van der Waals surface area (Å²) in [4.78, 5) is 0. The molecule has 0 aromatic heterocycles. The van der Waals surface area contributed by atoms with Gasteiger partial charge >= 0.3 is 0 Å². The molecule has 0 saturated carbocycles. The van der Waals surface area contributed by atoms with Crippen LogP contribution in [0.5, 0.6) is 0 Å². The molecular formula is C61H92BrPd3-3. The number of halogens is 1. The van der Waals surface area contributed by atoms with E-state index >= 15 is 0 Å². The summed E-state index contributed by atoms with van der Waals surface area (Å²) in [5, 5.41) is 0. The molecule has 0 fully saturated rings. The van der Waals surface area contributed by atoms with Crippen molar-refractivity contribution in [1.82, 2.24) is 0 Å². The van der Waals surface area contributed by atoms with E-state index in [0.717, 1.165) is 22.3 Å². The molecule has 0 radical (unpaired) electrons. The monoisotopic (exact) mass is 1230 g/mol. The van der Waals surface area contributed by atoms with Crippen LogP contribution in [-0.4, -0.2) is 5.83 Å². The summed E-state index contributed by atoms with van der Waals surface area (Å²) >= 11 is 2.94. The first kappa shape index (κ1) is 56.4. The Morgan fingerprint density at radius 1 is 0.538 bits per heavy atom. The molecule has 376 valence electrons. The van der Waals surface area contributed by atoms with E-state index in [2.05, 4.69) is 166 Å². The van der Waals surface area contributed by atoms with Crippen LogP contribution in [-0.2, 0) is 74.0 Å². The molecule has 0 aliphatic carbocycles. The predicted octanol–water partition coefficient (Wildman–Crippen LogP) is 19.6. The zero-order valence-electron chi connectivity index (χ0n) is 55.5. The molecule has 0 aliphatic heterocycles. The maximum Gasteiger partial charge on any atom is 0.0316 e. The van der Waals surface area contributed by atoms with Crippen molar-refractivity contribution in [3.8, 4) is 11.8 Å². The zero-order chi connectivity index (χ0) is 56.9. The van der Waals surface area contributed by atoms with Gasteiger partial charge in [0.05, 0.1) is 0 Å². The van der Waals surface area contributed by atoms with E-state index in [9.17, 15) is 0 Å². The molecule has 6 rings (SSSR count). The second-order valence-electron chi connectivity index (χ2n) is 13.6. The second kappa shape index (κ2) is 52.1. The standard InChI is InChI=1S/2C10H14.C10H12.C10H10.2C8H10.CH3Br.CH4.3CH3.3Pd.3H2/c4*1-3-5-10-7-4-6-9(2)8-10;2*1-7-4-3-5-8(2)6-7;1-2;;;;;;;;;;/h2*4,6-8H,3,5H2,1-2H3;3-8H,1-2H3;4,6-8H,1-2H3;2*3-6H,1-2H3;1H3;1H4;3*1H3;;;;3*1H/q;;;;;;;;3*-1;;;;;;/b;;5-3+;;;;;;;;;;;;;;/i3D2,5D2;3D,5D;;;;;;1D;;;;;;;3*1+1D. The van der Waals surface area contributed by atoms with Gasteiger partial charge < -0.3 is 22.3 Å². The Bertz CT molecular complexity index is 2250. The van der Waals surface area contributed by atoms with Crippen LogP contribution in [0, 0.1) is 89.5 Å². The van der Waals surface area contributed by atoms with E-state index in [-0.39, 0.29) is 89.9 Å². The van der Waals surface area contributed by atoms with Crippen molar-refractivity contribution in [3.63, 3.8) is 0 Å². The van der Waals surface area contributed by atoms with E-state index < -0.39 is 19.1 Å². The van der Waals surface area contributed by atoms with Gasteiger partial charge in [-0.25, -0.2) is 0 Å². The fourth-order valence-electron chi connectivity index (χ4n) is 5.28. The fraction of sp³-hybridized carbons (Fsp3) is 0.295. The van der Waals surface area contributed by atoms with Crippen LogP contribution in [0.15, 0.2) is 152 Å². The SMILES string of the molecule is C/C=C/c1cccc(C)c1.CBr.CC#Cc1cccc(C)c1.Cc1cccc(C)c1.Cc1cccc(C)c1.[2H]C.[2H]C(C)C([2H])c1cccc(C)c1.[2H]C([2H])(C)C([2H])([2H])c1cccc(C)c1.[2H][2H].[2H][2H].[2H][2H].[CH3-].[CH3-].[CH3-].[Pd].[Pd].[Pd]. The summed E-state index contributed by atoms with van der Waals surface area (Å²) in [6.45, 7) is 23.4. The van der Waals surface area contributed by atoms with Crippen LogP contribution in [0.4, 0.5) is 0 Å². The van der Waals surface area contributed by atoms with Gasteiger partial charge in [0, 0.05) is 85.3 Å². The summed E-state index contributed by atoms with van der Waals surface area (Å²) in [5.74, 6) is 7.67. The maximum absolute atomic E-state index is 7.71. The van der Waals surface area contributed by atoms with Crippen LogP contribution >= 0.6 is 15.9 Å². The van der Waals surface area contributed by atoms with Gasteiger partial charge in [0.15, 0.2) is 0 Å². The van der Waals surface area contributed by atoms with Gasteiger partial charge in [0.2, 0.25) is 0 Å². The molecule has 0 nitrogen and oxygen atoms in total. The molecule has 0 bridgehead atoms. The quantitative estimate of drug-likeness (QED) is 0.0698. The average Bonchev–Trinajstić information content (AvgIpc) is 3.35. The van der Waals surface area contributed by atoms with Gasteiger partial charge in [0.25, 0.3) is 0 Å². The smallest absolute Gasteiger partial charge is 0.0316 e. The molecular weight excluding hydrogens is 1130 g/mol. The van der Waals surface area contributed by atoms with Crippen molar-refractivity contribution in [2.24, 2.45) is 0 Å². The first-order valence-electron chi connectivity index (χ1n) is 26.9. The van der Waals surface area contributed by atoms with E-state index in [1.807, 2.05) is 76.0 Å². The average molecular weight is 1240 g/mol. The molecule has 4 heteroatoms. The third-order valence-corrected chi connectivity index (χ3v) is 7.72. The Morgan fingerprint density at radius 3 is 1.20 bits per heavy atom. The van der Waals surface area contributed by atoms with Crippen LogP contribution in [0.25, 0.3) is 6.08 Å². The molecule has 0 heterocycles. The van der Waals surface area contributed by atoms with Crippen LogP contribution in [0.2, 0.25) is 0 Å². The molecule has 6 aromatic carbocycles. The summed E-state index contributed by atoms with van der Waals surface area (Å²) in [7, 11) is 1.25. The second-order valence-corrected chi connectivity index (χ2v) is 13.6. The van der Waals surface area contributed by atoms with Crippen molar-refractivity contribution >= 4 is 22.0 Å². The van der Waals surface area contributed by atoms with Gasteiger partial charge in [-0.3, -0.25) is 0 Å². The summed E-state index contributed by atoms with van der Waals surface area (Å²) in [5.41, 5.74) is 13.7. The van der Waals surface area contributed by atoms with Crippen molar-refractivity contribution in [2.75, 3.05) is 5.83 Å². The molecule has 0 spiro atoms. The Hall–Kier alpha value is -2.91. The van der Waals surface area contributed by atoms with Crippen molar-refractivity contribution in [1.29, 1.82) is 0 Å². The molecule has 0 aliphatic rings. The minimum atomic E-state index is -1.95. The Labute approximate surface area is 473 Å². The van der Waals surface area contributed by atoms with Crippen LogP contribution < -0.4 is 0 Å². The van der Waals surface area contributed by atoms with Crippen molar-refractivity contribution in [2.45, 2.75) is 116 Å². The van der Waals surface area contributed by atoms with Gasteiger partial charge in [0.1, 0.15) is 0 Å². The first-order valence-corrected chi connectivity index (χ1v) is 21.3. The van der Waals surface area contributed by atoms with Gasteiger partial charge in [-0.1, -0.05) is 240 Å². The number of benzene rings is 6.